The summed E-state index contributed by atoms with van der Waals surface area (Å²) in [4.78, 5) is 25.0. The molecule has 0 aromatic heterocycles. The van der Waals surface area contributed by atoms with Crippen molar-refractivity contribution >= 4 is 56.5 Å². The summed E-state index contributed by atoms with van der Waals surface area (Å²) in [6, 6.07) is 16.8. The molecule has 0 heterocycles. The number of hydrogen-bond acceptors (Lipinski definition) is 5. The van der Waals surface area contributed by atoms with Crippen LogP contribution in [0, 0.1) is 6.92 Å². The molecule has 3 aromatic rings. The van der Waals surface area contributed by atoms with E-state index in [1.165, 1.54) is 42.5 Å². The van der Waals surface area contributed by atoms with Crippen LogP contribution in [0.15, 0.2) is 71.6 Å². The Morgan fingerprint density at radius 1 is 0.971 bits per heavy atom. The van der Waals surface area contributed by atoms with E-state index in [2.05, 4.69) is 5.32 Å². The fourth-order valence-electron chi connectivity index (χ4n) is 3.06. The van der Waals surface area contributed by atoms with Gasteiger partial charge in [-0.25, -0.2) is 13.2 Å². The van der Waals surface area contributed by atoms with Crippen LogP contribution >= 0.6 is 23.2 Å². The molecular weight excluding hydrogens is 499 g/mol. The van der Waals surface area contributed by atoms with Gasteiger partial charge >= 0.3 is 5.97 Å². The Morgan fingerprint density at radius 3 is 2.24 bits per heavy atom. The number of nitrogens with one attached hydrogen (secondary N) is 1. The highest BCUT2D eigenvalue weighted by Crippen LogP contribution is 2.26. The third kappa shape index (κ3) is 6.08. The SMILES string of the molecule is CCOC(=O)c1cc(NC(=O)CN(c2ccc(C)cc2)S(=O)(=O)c2ccc(Cl)cc2)ccc1Cl. The molecule has 0 fully saturated rings. The van der Waals surface area contributed by atoms with Crippen LogP contribution in [0.3, 0.4) is 0 Å². The van der Waals surface area contributed by atoms with Crippen molar-refractivity contribution in [2.45, 2.75) is 18.7 Å². The fourth-order valence-corrected chi connectivity index (χ4v) is 4.80. The zero-order valence-corrected chi connectivity index (χ0v) is 20.7. The lowest BCUT2D eigenvalue weighted by atomic mass is 10.2. The minimum Gasteiger partial charge on any atom is -0.462 e. The van der Waals surface area contributed by atoms with Crippen molar-refractivity contribution in [1.29, 1.82) is 0 Å². The Kier molecular flexibility index (Phi) is 8.19. The van der Waals surface area contributed by atoms with Gasteiger partial charge in [-0.05, 0) is 68.4 Å². The molecule has 0 bridgehead atoms. The third-order valence-corrected chi connectivity index (χ3v) is 7.13. The predicted octanol–water partition coefficient (Wildman–Crippen LogP) is 5.31. The fraction of sp³-hybridized carbons (Fsp3) is 0.167. The van der Waals surface area contributed by atoms with Crippen LogP contribution < -0.4 is 9.62 Å². The number of rotatable bonds is 8. The molecule has 0 unspecified atom stereocenters. The van der Waals surface area contributed by atoms with Crippen LogP contribution in [0.4, 0.5) is 11.4 Å². The highest BCUT2D eigenvalue weighted by atomic mass is 35.5. The second-order valence-electron chi connectivity index (χ2n) is 7.26. The van der Waals surface area contributed by atoms with Crippen molar-refractivity contribution in [3.63, 3.8) is 0 Å². The Hall–Kier alpha value is -3.07. The zero-order valence-electron chi connectivity index (χ0n) is 18.4. The summed E-state index contributed by atoms with van der Waals surface area (Å²) in [5.41, 5.74) is 1.61. The summed E-state index contributed by atoms with van der Waals surface area (Å²) in [6.45, 7) is 3.19. The van der Waals surface area contributed by atoms with E-state index in [-0.39, 0.29) is 27.8 Å². The summed E-state index contributed by atoms with van der Waals surface area (Å²) < 4.78 is 32.8. The number of amides is 1. The number of hydrogen-bond donors (Lipinski definition) is 1. The predicted molar refractivity (Wildman–Crippen MR) is 133 cm³/mol. The number of carbonyl (C=O) groups excluding carboxylic acids is 2. The maximum atomic E-state index is 13.4. The van der Waals surface area contributed by atoms with E-state index < -0.39 is 28.4 Å². The van der Waals surface area contributed by atoms with Gasteiger partial charge in [0.2, 0.25) is 5.91 Å². The molecule has 0 saturated carbocycles. The topological polar surface area (TPSA) is 92.8 Å². The lowest BCUT2D eigenvalue weighted by molar-refractivity contribution is -0.114. The molecule has 7 nitrogen and oxygen atoms in total. The molecule has 0 radical (unpaired) electrons. The highest BCUT2D eigenvalue weighted by Gasteiger charge is 2.27. The Morgan fingerprint density at radius 2 is 1.62 bits per heavy atom. The van der Waals surface area contributed by atoms with Gasteiger partial charge in [-0.1, -0.05) is 40.9 Å². The first kappa shape index (κ1) is 25.6. The van der Waals surface area contributed by atoms with Gasteiger partial charge in [0, 0.05) is 10.7 Å². The number of carbonyl (C=O) groups is 2. The van der Waals surface area contributed by atoms with Gasteiger partial charge in [-0.3, -0.25) is 9.10 Å². The molecule has 0 saturated heterocycles. The number of nitrogens with zero attached hydrogens (tertiary/aromatic N) is 1. The minimum absolute atomic E-state index is 0.0126. The van der Waals surface area contributed by atoms with E-state index in [4.69, 9.17) is 27.9 Å². The number of halogens is 2. The molecule has 0 atom stereocenters. The first-order valence-corrected chi connectivity index (χ1v) is 12.4. The quantitative estimate of drug-likeness (QED) is 0.406. The number of benzene rings is 3. The van der Waals surface area contributed by atoms with Crippen LogP contribution in [0.1, 0.15) is 22.8 Å². The molecule has 178 valence electrons. The Bertz CT molecular complexity index is 1290. The molecule has 0 spiro atoms. The van der Waals surface area contributed by atoms with Gasteiger partial charge in [0.15, 0.2) is 0 Å². The van der Waals surface area contributed by atoms with E-state index in [1.54, 1.807) is 31.2 Å². The standard InChI is InChI=1S/C24H22Cl2N2O5S/c1-3-33-24(30)21-14-18(8-13-22(21)26)27-23(29)15-28(19-9-4-16(2)5-10-19)34(31,32)20-11-6-17(25)7-12-20/h4-14H,3,15H2,1-2H3,(H,27,29). The summed E-state index contributed by atoms with van der Waals surface area (Å²) >= 11 is 12.0. The van der Waals surface area contributed by atoms with Gasteiger partial charge in [-0.2, -0.15) is 0 Å². The van der Waals surface area contributed by atoms with Crippen LogP contribution in [-0.4, -0.2) is 33.4 Å². The van der Waals surface area contributed by atoms with Crippen LogP contribution in [0.5, 0.6) is 0 Å². The first-order chi connectivity index (χ1) is 16.1. The van der Waals surface area contributed by atoms with Gasteiger partial charge in [-0.15, -0.1) is 0 Å². The molecule has 0 aliphatic rings. The van der Waals surface area contributed by atoms with Crippen LogP contribution in [-0.2, 0) is 19.6 Å². The second-order valence-corrected chi connectivity index (χ2v) is 9.97. The Labute approximate surface area is 208 Å². The summed E-state index contributed by atoms with van der Waals surface area (Å²) in [6.07, 6.45) is 0. The lowest BCUT2D eigenvalue weighted by Crippen LogP contribution is -2.38. The normalized spacial score (nSPS) is 11.1. The molecule has 3 aromatic carbocycles. The maximum Gasteiger partial charge on any atom is 0.339 e. The summed E-state index contributed by atoms with van der Waals surface area (Å²) in [7, 11) is -4.09. The molecule has 3 rings (SSSR count). The summed E-state index contributed by atoms with van der Waals surface area (Å²) in [5, 5.41) is 3.18. The van der Waals surface area contributed by atoms with Crippen molar-refractivity contribution in [3.8, 4) is 0 Å². The van der Waals surface area contributed by atoms with Crippen molar-refractivity contribution in [2.24, 2.45) is 0 Å². The van der Waals surface area contributed by atoms with E-state index in [1.807, 2.05) is 6.92 Å². The average molecular weight is 521 g/mol. The largest absolute Gasteiger partial charge is 0.462 e. The minimum atomic E-state index is -4.09. The number of aryl methyl sites for hydroxylation is 1. The zero-order chi connectivity index (χ0) is 24.9. The smallest absolute Gasteiger partial charge is 0.339 e. The van der Waals surface area contributed by atoms with Crippen LogP contribution in [0.25, 0.3) is 0 Å². The van der Waals surface area contributed by atoms with Gasteiger partial charge in [0.05, 0.1) is 27.8 Å². The van der Waals surface area contributed by atoms with Crippen molar-refractivity contribution in [2.75, 3.05) is 22.8 Å². The number of ether oxygens (including phenoxy) is 1. The molecule has 0 aliphatic heterocycles. The number of esters is 1. The first-order valence-electron chi connectivity index (χ1n) is 10.2. The molecule has 10 heteroatoms. The second kappa shape index (κ2) is 10.9. The Balaban J connectivity index is 1.90. The van der Waals surface area contributed by atoms with E-state index in [9.17, 15) is 18.0 Å². The van der Waals surface area contributed by atoms with Crippen LogP contribution in [0.2, 0.25) is 10.0 Å². The van der Waals surface area contributed by atoms with Crippen molar-refractivity contribution in [3.05, 3.63) is 87.9 Å². The third-order valence-electron chi connectivity index (χ3n) is 4.76. The summed E-state index contributed by atoms with van der Waals surface area (Å²) in [5.74, 6) is -1.24. The van der Waals surface area contributed by atoms with E-state index in [0.29, 0.717) is 10.7 Å². The van der Waals surface area contributed by atoms with Gasteiger partial charge in [0.25, 0.3) is 10.0 Å². The monoisotopic (exact) mass is 520 g/mol. The molecule has 0 aliphatic carbocycles. The number of sulfonamides is 1. The highest BCUT2D eigenvalue weighted by molar-refractivity contribution is 7.92. The maximum absolute atomic E-state index is 13.4. The molecule has 1 amide bonds. The average Bonchev–Trinajstić information content (AvgIpc) is 2.80. The number of anilines is 2. The van der Waals surface area contributed by atoms with Gasteiger partial charge in [0.1, 0.15) is 6.54 Å². The lowest BCUT2D eigenvalue weighted by Gasteiger charge is -2.24. The van der Waals surface area contributed by atoms with Crippen molar-refractivity contribution in [1.82, 2.24) is 0 Å². The molecule has 1 N–H and O–H groups in total. The molecule has 34 heavy (non-hydrogen) atoms. The van der Waals surface area contributed by atoms with E-state index >= 15 is 0 Å². The van der Waals surface area contributed by atoms with Gasteiger partial charge < -0.3 is 10.1 Å². The van der Waals surface area contributed by atoms with Crippen molar-refractivity contribution < 1.29 is 22.7 Å². The molecular formula is C24H22Cl2N2O5S. The van der Waals surface area contributed by atoms with E-state index in [0.717, 1.165) is 9.87 Å².